The molecule has 3 aromatic rings. The molecule has 4 rings (SSSR count). The Morgan fingerprint density at radius 1 is 1.10 bits per heavy atom. The first-order valence-electron chi connectivity index (χ1n) is 6.75. The molecule has 4 heterocycles. The minimum Gasteiger partial charge on any atom is -0.352 e. The topological polar surface area (TPSA) is 75.3 Å². The molecule has 0 unspecified atom stereocenters. The van der Waals surface area contributed by atoms with E-state index in [0.717, 1.165) is 42.8 Å². The highest BCUT2D eigenvalue weighted by Crippen LogP contribution is 2.23. The van der Waals surface area contributed by atoms with Gasteiger partial charge in [-0.3, -0.25) is 4.98 Å². The molecular weight excluding hydrogens is 288 g/mol. The SMILES string of the molecule is Cc1csc(N2CCN(c3cncc4nnnn34)CC2)n1. The van der Waals surface area contributed by atoms with E-state index in [-0.39, 0.29) is 0 Å². The van der Waals surface area contributed by atoms with Crippen molar-refractivity contribution in [2.45, 2.75) is 6.92 Å². The molecule has 1 fully saturated rings. The van der Waals surface area contributed by atoms with Crippen LogP contribution in [0, 0.1) is 6.92 Å². The van der Waals surface area contributed by atoms with E-state index in [1.54, 1.807) is 22.0 Å². The number of hydrogen-bond acceptors (Lipinski definition) is 8. The third kappa shape index (κ3) is 2.19. The summed E-state index contributed by atoms with van der Waals surface area (Å²) < 4.78 is 1.73. The Morgan fingerprint density at radius 2 is 1.90 bits per heavy atom. The third-order valence-corrected chi connectivity index (χ3v) is 4.59. The van der Waals surface area contributed by atoms with Crippen molar-refractivity contribution in [1.29, 1.82) is 0 Å². The number of rotatable bonds is 2. The molecule has 0 radical (unpaired) electrons. The number of thiazole rings is 1. The molecule has 8 nitrogen and oxygen atoms in total. The van der Waals surface area contributed by atoms with Crippen molar-refractivity contribution in [2.75, 3.05) is 36.0 Å². The molecule has 1 saturated heterocycles. The highest BCUT2D eigenvalue weighted by Gasteiger charge is 2.21. The van der Waals surface area contributed by atoms with Gasteiger partial charge in [-0.25, -0.2) is 4.98 Å². The van der Waals surface area contributed by atoms with Gasteiger partial charge in [0.1, 0.15) is 0 Å². The fourth-order valence-corrected chi connectivity index (χ4v) is 3.35. The number of piperazine rings is 1. The largest absolute Gasteiger partial charge is 0.352 e. The molecule has 0 spiro atoms. The molecule has 0 aromatic carbocycles. The van der Waals surface area contributed by atoms with Crippen LogP contribution < -0.4 is 9.80 Å². The number of hydrogen-bond donors (Lipinski definition) is 0. The highest BCUT2D eigenvalue weighted by molar-refractivity contribution is 7.13. The Labute approximate surface area is 125 Å². The van der Waals surface area contributed by atoms with Crippen LogP contribution in [0.2, 0.25) is 0 Å². The molecular formula is C12H14N8S. The molecule has 21 heavy (non-hydrogen) atoms. The minimum absolute atomic E-state index is 0.672. The van der Waals surface area contributed by atoms with E-state index in [9.17, 15) is 0 Å². The maximum absolute atomic E-state index is 4.55. The Morgan fingerprint density at radius 3 is 2.67 bits per heavy atom. The van der Waals surface area contributed by atoms with Gasteiger partial charge in [-0.15, -0.1) is 16.4 Å². The van der Waals surface area contributed by atoms with Gasteiger partial charge in [-0.1, -0.05) is 0 Å². The number of nitrogens with zero attached hydrogens (tertiary/aromatic N) is 8. The van der Waals surface area contributed by atoms with E-state index in [2.05, 4.69) is 40.7 Å². The van der Waals surface area contributed by atoms with Crippen LogP contribution in [0.3, 0.4) is 0 Å². The van der Waals surface area contributed by atoms with Gasteiger partial charge in [0.15, 0.2) is 16.6 Å². The molecule has 0 saturated carbocycles. The van der Waals surface area contributed by atoms with E-state index >= 15 is 0 Å². The number of fused-ring (bicyclic) bond motifs is 1. The summed E-state index contributed by atoms with van der Waals surface area (Å²) in [4.78, 5) is 13.3. The van der Waals surface area contributed by atoms with Crippen molar-refractivity contribution in [3.63, 3.8) is 0 Å². The Hall–Kier alpha value is -2.29. The number of anilines is 2. The zero-order valence-electron chi connectivity index (χ0n) is 11.5. The average Bonchev–Trinajstić information content (AvgIpc) is 3.15. The van der Waals surface area contributed by atoms with Crippen LogP contribution >= 0.6 is 11.3 Å². The second kappa shape index (κ2) is 4.92. The van der Waals surface area contributed by atoms with Crippen LogP contribution in [0.1, 0.15) is 5.69 Å². The van der Waals surface area contributed by atoms with Gasteiger partial charge in [0.25, 0.3) is 0 Å². The molecule has 9 heteroatoms. The van der Waals surface area contributed by atoms with E-state index in [1.807, 2.05) is 13.1 Å². The maximum Gasteiger partial charge on any atom is 0.199 e. The smallest absolute Gasteiger partial charge is 0.199 e. The van der Waals surface area contributed by atoms with Crippen molar-refractivity contribution in [3.8, 4) is 0 Å². The third-order valence-electron chi connectivity index (χ3n) is 3.57. The number of aromatic nitrogens is 6. The van der Waals surface area contributed by atoms with Crippen LogP contribution in [0.5, 0.6) is 0 Å². The van der Waals surface area contributed by atoms with Gasteiger partial charge in [0, 0.05) is 31.6 Å². The summed E-state index contributed by atoms with van der Waals surface area (Å²) in [6.45, 7) is 5.70. The minimum atomic E-state index is 0.672. The zero-order valence-corrected chi connectivity index (χ0v) is 12.4. The van der Waals surface area contributed by atoms with Crippen LogP contribution in [0.15, 0.2) is 17.8 Å². The fourth-order valence-electron chi connectivity index (χ4n) is 2.49. The first kappa shape index (κ1) is 12.5. The molecule has 0 bridgehead atoms. The van der Waals surface area contributed by atoms with Crippen molar-refractivity contribution < 1.29 is 0 Å². The first-order valence-corrected chi connectivity index (χ1v) is 7.63. The molecule has 108 valence electrons. The predicted octanol–water partition coefficient (Wildman–Crippen LogP) is 0.611. The lowest BCUT2D eigenvalue weighted by Crippen LogP contribution is -2.47. The first-order chi connectivity index (χ1) is 10.3. The standard InChI is InChI=1S/C12H14N8S/c1-9-8-21-12(14-9)19-4-2-18(3-5-19)11-7-13-6-10-15-16-17-20(10)11/h6-8H,2-5H2,1H3. The van der Waals surface area contributed by atoms with Crippen molar-refractivity contribution >= 4 is 27.9 Å². The van der Waals surface area contributed by atoms with Crippen LogP contribution in [0.4, 0.5) is 10.9 Å². The summed E-state index contributed by atoms with van der Waals surface area (Å²) >= 11 is 1.70. The zero-order chi connectivity index (χ0) is 14.2. The number of aryl methyl sites for hydroxylation is 1. The fraction of sp³-hybridized carbons (Fsp3) is 0.417. The number of tetrazole rings is 1. The monoisotopic (exact) mass is 302 g/mol. The summed E-state index contributed by atoms with van der Waals surface area (Å²) in [7, 11) is 0. The molecule has 3 aromatic heterocycles. The second-order valence-electron chi connectivity index (χ2n) is 4.96. The molecule has 0 atom stereocenters. The van der Waals surface area contributed by atoms with E-state index in [1.165, 1.54) is 0 Å². The average molecular weight is 302 g/mol. The molecule has 1 aliphatic heterocycles. The second-order valence-corrected chi connectivity index (χ2v) is 5.80. The van der Waals surface area contributed by atoms with Crippen molar-refractivity contribution in [2.24, 2.45) is 0 Å². The Kier molecular flexibility index (Phi) is 2.92. The normalized spacial score (nSPS) is 15.9. The van der Waals surface area contributed by atoms with Crippen LogP contribution in [-0.4, -0.2) is 56.2 Å². The van der Waals surface area contributed by atoms with Gasteiger partial charge in [-0.2, -0.15) is 4.52 Å². The van der Waals surface area contributed by atoms with E-state index in [4.69, 9.17) is 0 Å². The van der Waals surface area contributed by atoms with Crippen molar-refractivity contribution in [1.82, 2.24) is 30.0 Å². The lowest BCUT2D eigenvalue weighted by molar-refractivity contribution is 0.633. The summed E-state index contributed by atoms with van der Waals surface area (Å²) in [6, 6.07) is 0. The van der Waals surface area contributed by atoms with E-state index < -0.39 is 0 Å². The van der Waals surface area contributed by atoms with Crippen LogP contribution in [0.25, 0.3) is 5.65 Å². The lowest BCUT2D eigenvalue weighted by atomic mass is 10.3. The Bertz CT molecular complexity index is 757. The Balaban J connectivity index is 1.53. The molecule has 1 aliphatic rings. The van der Waals surface area contributed by atoms with Gasteiger partial charge in [-0.05, 0) is 17.4 Å². The lowest BCUT2D eigenvalue weighted by Gasteiger charge is -2.35. The summed E-state index contributed by atoms with van der Waals surface area (Å²) in [5.41, 5.74) is 1.76. The molecule has 0 aliphatic carbocycles. The van der Waals surface area contributed by atoms with Crippen molar-refractivity contribution in [3.05, 3.63) is 23.5 Å². The summed E-state index contributed by atoms with van der Waals surface area (Å²) in [6.07, 6.45) is 3.48. The van der Waals surface area contributed by atoms with Gasteiger partial charge < -0.3 is 9.80 Å². The van der Waals surface area contributed by atoms with E-state index in [0.29, 0.717) is 5.65 Å². The summed E-state index contributed by atoms with van der Waals surface area (Å²) in [5.74, 6) is 0.937. The van der Waals surface area contributed by atoms with Crippen LogP contribution in [-0.2, 0) is 0 Å². The molecule has 0 amide bonds. The predicted molar refractivity (Wildman–Crippen MR) is 79.9 cm³/mol. The highest BCUT2D eigenvalue weighted by atomic mass is 32.1. The maximum atomic E-state index is 4.55. The molecule has 0 N–H and O–H groups in total. The summed E-state index contributed by atoms with van der Waals surface area (Å²) in [5, 5.41) is 14.9. The quantitative estimate of drug-likeness (QED) is 0.686. The van der Waals surface area contributed by atoms with Gasteiger partial charge in [0.05, 0.1) is 18.1 Å². The van der Waals surface area contributed by atoms with Gasteiger partial charge >= 0.3 is 0 Å². The van der Waals surface area contributed by atoms with Gasteiger partial charge in [0.2, 0.25) is 0 Å².